The van der Waals surface area contributed by atoms with Gasteiger partial charge in [0.2, 0.25) is 0 Å². The van der Waals surface area contributed by atoms with Gasteiger partial charge in [0.1, 0.15) is 17.2 Å². The third kappa shape index (κ3) is 6.53. The van der Waals surface area contributed by atoms with Gasteiger partial charge < -0.3 is 14.2 Å². The second-order valence-corrected chi connectivity index (χ2v) is 9.22. The molecule has 0 atom stereocenters. The second-order valence-electron chi connectivity index (χ2n) is 9.22. The lowest BCUT2D eigenvalue weighted by Gasteiger charge is -2.25. The molecular formula is C25H33FN4O2. The molecule has 7 heteroatoms. The quantitative estimate of drug-likeness (QED) is 0.499. The van der Waals surface area contributed by atoms with Crippen molar-refractivity contribution in [3.05, 3.63) is 65.7 Å². The Kier molecular flexibility index (Phi) is 7.51. The predicted octanol–water partition coefficient (Wildman–Crippen LogP) is 4.91. The van der Waals surface area contributed by atoms with Gasteiger partial charge in [-0.2, -0.15) is 0 Å². The number of aromatic nitrogens is 2. The van der Waals surface area contributed by atoms with Crippen LogP contribution in [0.1, 0.15) is 38.6 Å². The maximum absolute atomic E-state index is 13.3. The molecule has 1 amide bonds. The van der Waals surface area contributed by atoms with E-state index < -0.39 is 5.60 Å². The summed E-state index contributed by atoms with van der Waals surface area (Å²) >= 11 is 0. The Bertz CT molecular complexity index is 1040. The summed E-state index contributed by atoms with van der Waals surface area (Å²) in [7, 11) is 3.81. The number of hydrogen-bond acceptors (Lipinski definition) is 4. The van der Waals surface area contributed by atoms with Crippen LogP contribution in [-0.4, -0.2) is 58.2 Å². The number of fused-ring (bicyclic) bond motifs is 1. The number of carbonyl (C=O) groups is 1. The number of carbonyl (C=O) groups excluding carboxylic acids is 1. The summed E-state index contributed by atoms with van der Waals surface area (Å²) in [6, 6.07) is 14.7. The fraction of sp³-hybridized carbons (Fsp3) is 0.440. The number of para-hydroxylation sites is 2. The van der Waals surface area contributed by atoms with Crippen molar-refractivity contribution >= 4 is 17.1 Å². The van der Waals surface area contributed by atoms with E-state index >= 15 is 0 Å². The Morgan fingerprint density at radius 2 is 1.75 bits per heavy atom. The van der Waals surface area contributed by atoms with E-state index in [1.54, 1.807) is 11.9 Å². The van der Waals surface area contributed by atoms with Gasteiger partial charge in [-0.3, -0.25) is 4.90 Å². The third-order valence-corrected chi connectivity index (χ3v) is 5.14. The van der Waals surface area contributed by atoms with Crippen LogP contribution in [0.5, 0.6) is 0 Å². The molecule has 0 unspecified atom stereocenters. The van der Waals surface area contributed by atoms with Gasteiger partial charge in [-0.15, -0.1) is 0 Å². The summed E-state index contributed by atoms with van der Waals surface area (Å²) in [6.45, 7) is 8.33. The van der Waals surface area contributed by atoms with Crippen molar-refractivity contribution in [2.75, 3.05) is 27.2 Å². The summed E-state index contributed by atoms with van der Waals surface area (Å²) in [6.07, 6.45) is 0.519. The highest BCUT2D eigenvalue weighted by Gasteiger charge is 2.19. The van der Waals surface area contributed by atoms with Crippen LogP contribution in [0.2, 0.25) is 0 Å². The molecule has 3 rings (SSSR count). The van der Waals surface area contributed by atoms with Crippen LogP contribution in [0.3, 0.4) is 0 Å². The zero-order valence-electron chi connectivity index (χ0n) is 19.6. The van der Waals surface area contributed by atoms with Gasteiger partial charge in [0.05, 0.1) is 17.6 Å². The predicted molar refractivity (Wildman–Crippen MR) is 125 cm³/mol. The first-order valence-electron chi connectivity index (χ1n) is 10.9. The lowest BCUT2D eigenvalue weighted by molar-refractivity contribution is 0.0293. The fourth-order valence-electron chi connectivity index (χ4n) is 3.52. The molecule has 0 radical (unpaired) electrons. The summed E-state index contributed by atoms with van der Waals surface area (Å²) in [5, 5.41) is 0. The van der Waals surface area contributed by atoms with E-state index in [-0.39, 0.29) is 11.9 Å². The largest absolute Gasteiger partial charge is 0.444 e. The lowest BCUT2D eigenvalue weighted by atomic mass is 10.2. The smallest absolute Gasteiger partial charge is 0.410 e. The minimum Gasteiger partial charge on any atom is -0.444 e. The van der Waals surface area contributed by atoms with Gasteiger partial charge in [0.25, 0.3) is 0 Å². The van der Waals surface area contributed by atoms with Crippen LogP contribution in [0.25, 0.3) is 11.0 Å². The van der Waals surface area contributed by atoms with E-state index in [0.717, 1.165) is 35.4 Å². The van der Waals surface area contributed by atoms with Gasteiger partial charge in [0.15, 0.2) is 0 Å². The van der Waals surface area contributed by atoms with Gasteiger partial charge in [-0.1, -0.05) is 24.3 Å². The average Bonchev–Trinajstić information content (AvgIpc) is 3.05. The number of ether oxygens (including phenoxy) is 1. The van der Waals surface area contributed by atoms with E-state index in [4.69, 9.17) is 9.72 Å². The molecule has 1 aromatic heterocycles. The molecule has 2 aromatic carbocycles. The van der Waals surface area contributed by atoms with Crippen LogP contribution in [0, 0.1) is 5.82 Å². The minimum absolute atomic E-state index is 0.236. The van der Waals surface area contributed by atoms with E-state index in [1.165, 1.54) is 12.1 Å². The van der Waals surface area contributed by atoms with Crippen molar-refractivity contribution in [1.29, 1.82) is 0 Å². The third-order valence-electron chi connectivity index (χ3n) is 5.14. The SMILES string of the molecule is CN(CCCN(C)C(=O)OC(C)(C)C)Cc1nc2ccccc2n1Cc1ccc(F)cc1. The number of amides is 1. The summed E-state index contributed by atoms with van der Waals surface area (Å²) in [5.41, 5.74) is 2.54. The average molecular weight is 441 g/mol. The second kappa shape index (κ2) is 10.1. The Labute approximate surface area is 189 Å². The zero-order valence-corrected chi connectivity index (χ0v) is 19.6. The topological polar surface area (TPSA) is 50.6 Å². The molecule has 0 aliphatic heterocycles. The van der Waals surface area contributed by atoms with E-state index in [1.807, 2.05) is 51.1 Å². The number of hydrogen-bond donors (Lipinski definition) is 0. The zero-order chi connectivity index (χ0) is 23.3. The first-order chi connectivity index (χ1) is 15.1. The van der Waals surface area contributed by atoms with E-state index in [9.17, 15) is 9.18 Å². The first kappa shape index (κ1) is 23.7. The Morgan fingerprint density at radius 3 is 2.44 bits per heavy atom. The summed E-state index contributed by atoms with van der Waals surface area (Å²) < 4.78 is 20.9. The Hall–Kier alpha value is -2.93. The molecule has 0 aliphatic rings. The van der Waals surface area contributed by atoms with E-state index in [0.29, 0.717) is 19.6 Å². The molecule has 32 heavy (non-hydrogen) atoms. The monoisotopic (exact) mass is 440 g/mol. The fourth-order valence-corrected chi connectivity index (χ4v) is 3.52. The van der Waals surface area contributed by atoms with Gasteiger partial charge >= 0.3 is 6.09 Å². The maximum Gasteiger partial charge on any atom is 0.410 e. The normalized spacial score (nSPS) is 11.8. The number of imidazole rings is 1. The highest BCUT2D eigenvalue weighted by Crippen LogP contribution is 2.19. The molecule has 0 bridgehead atoms. The number of nitrogens with zero attached hydrogens (tertiary/aromatic N) is 4. The standard InChI is InChI=1S/C25H33FN4O2/c1-25(2,3)32-24(31)29(5)16-8-15-28(4)18-23-27-21-9-6-7-10-22(21)30(23)17-19-11-13-20(26)14-12-19/h6-7,9-14H,8,15-18H2,1-5H3. The molecule has 0 N–H and O–H groups in total. The van der Waals surface area contributed by atoms with Crippen molar-refractivity contribution in [3.8, 4) is 0 Å². The van der Waals surface area contributed by atoms with Crippen LogP contribution < -0.4 is 0 Å². The first-order valence-corrected chi connectivity index (χ1v) is 10.9. The number of rotatable bonds is 8. The number of halogens is 1. The van der Waals surface area contributed by atoms with Crippen LogP contribution in [0.15, 0.2) is 48.5 Å². The molecule has 0 spiro atoms. The molecule has 172 valence electrons. The van der Waals surface area contributed by atoms with Gasteiger partial charge in [0, 0.05) is 20.1 Å². The molecule has 6 nitrogen and oxygen atoms in total. The van der Waals surface area contributed by atoms with Gasteiger partial charge in [-0.05, 0) is 70.6 Å². The van der Waals surface area contributed by atoms with Crippen LogP contribution >= 0.6 is 0 Å². The molecule has 0 fully saturated rings. The Morgan fingerprint density at radius 1 is 1.06 bits per heavy atom. The van der Waals surface area contributed by atoms with Crippen LogP contribution in [0.4, 0.5) is 9.18 Å². The summed E-state index contributed by atoms with van der Waals surface area (Å²) in [4.78, 5) is 20.8. The summed E-state index contributed by atoms with van der Waals surface area (Å²) in [5.74, 6) is 0.721. The maximum atomic E-state index is 13.3. The van der Waals surface area contributed by atoms with Crippen molar-refractivity contribution in [2.24, 2.45) is 0 Å². The molecule has 0 saturated carbocycles. The van der Waals surface area contributed by atoms with Crippen molar-refractivity contribution in [1.82, 2.24) is 19.4 Å². The Balaban J connectivity index is 1.63. The highest BCUT2D eigenvalue weighted by molar-refractivity contribution is 5.76. The molecule has 0 aliphatic carbocycles. The van der Waals surface area contributed by atoms with Crippen molar-refractivity contribution in [2.45, 2.75) is 45.9 Å². The highest BCUT2D eigenvalue weighted by atomic mass is 19.1. The number of benzene rings is 2. The molecule has 0 saturated heterocycles. The van der Waals surface area contributed by atoms with Crippen molar-refractivity contribution in [3.63, 3.8) is 0 Å². The molecule has 3 aromatic rings. The van der Waals surface area contributed by atoms with Gasteiger partial charge in [-0.25, -0.2) is 14.2 Å². The minimum atomic E-state index is -0.494. The molecular weight excluding hydrogens is 407 g/mol. The lowest BCUT2D eigenvalue weighted by Crippen LogP contribution is -2.35. The molecule has 1 heterocycles. The van der Waals surface area contributed by atoms with Crippen LogP contribution in [-0.2, 0) is 17.8 Å². The van der Waals surface area contributed by atoms with E-state index in [2.05, 4.69) is 22.6 Å². The van der Waals surface area contributed by atoms with Crippen molar-refractivity contribution < 1.29 is 13.9 Å².